The number of imidazole rings is 1. The lowest BCUT2D eigenvalue weighted by molar-refractivity contribution is 0.446. The van der Waals surface area contributed by atoms with Gasteiger partial charge in [0, 0.05) is 28.5 Å². The van der Waals surface area contributed by atoms with Crippen LogP contribution in [0.2, 0.25) is 0 Å². The zero-order chi connectivity index (χ0) is 52.1. The number of fused-ring (bicyclic) bond motifs is 7. The van der Waals surface area contributed by atoms with Crippen LogP contribution in [0.3, 0.4) is 0 Å². The van der Waals surface area contributed by atoms with E-state index in [0.717, 1.165) is 66.9 Å². The van der Waals surface area contributed by atoms with Crippen LogP contribution in [0.15, 0.2) is 182 Å². The Morgan fingerprint density at radius 1 is 0.392 bits per heavy atom. The second-order valence-corrected chi connectivity index (χ2v) is 24.5. The molecule has 1 N–H and O–H groups in total. The molecule has 0 radical (unpaired) electrons. The molecule has 0 aliphatic rings. The Hall–Kier alpha value is -7.82. The average Bonchev–Trinajstić information content (AvgIpc) is 3.78. The summed E-state index contributed by atoms with van der Waals surface area (Å²) >= 11 is 0. The van der Waals surface area contributed by atoms with E-state index < -0.39 is 0 Å². The standard InChI is InChI=1S/C70H67N3O/c1-67(2,3)47-32-33-61(57(40-47)43-22-14-13-15-23-43)73-62-31-21-29-51(64(62)72-66(73)58-41-49(69(7,8)9)42-59(65(58)74)70(10,11)12)45-36-46(38-48(37-45)68(4,5)6)60-39-44(34-35-71-60)50-28-20-30-56-54-25-17-16-24-52(54)53-26-18-19-27-55(53)63(50)56/h13-42,74H,1-12H3. The molecule has 4 nitrogen and oxygen atoms in total. The van der Waals surface area contributed by atoms with Crippen molar-refractivity contribution in [2.75, 3.05) is 0 Å². The molecule has 9 aromatic carbocycles. The highest BCUT2D eigenvalue weighted by atomic mass is 16.3. The summed E-state index contributed by atoms with van der Waals surface area (Å²) < 4.78 is 2.30. The highest BCUT2D eigenvalue weighted by Gasteiger charge is 2.30. The van der Waals surface area contributed by atoms with Crippen molar-refractivity contribution in [1.29, 1.82) is 0 Å². The second-order valence-electron chi connectivity index (χ2n) is 24.5. The molecule has 2 heterocycles. The molecule has 0 amide bonds. The van der Waals surface area contributed by atoms with Crippen molar-refractivity contribution in [2.45, 2.75) is 105 Å². The fraction of sp³-hybridized carbons (Fsp3) is 0.229. The molecule has 11 rings (SSSR count). The summed E-state index contributed by atoms with van der Waals surface area (Å²) in [6.45, 7) is 26.9. The van der Waals surface area contributed by atoms with Gasteiger partial charge in [-0.1, -0.05) is 210 Å². The summed E-state index contributed by atoms with van der Waals surface area (Å²) in [7, 11) is 0. The predicted octanol–water partition coefficient (Wildman–Crippen LogP) is 19.1. The Morgan fingerprint density at radius 3 is 1.59 bits per heavy atom. The molecular weight excluding hydrogens is 899 g/mol. The lowest BCUT2D eigenvalue weighted by atomic mass is 9.79. The van der Waals surface area contributed by atoms with Crippen LogP contribution in [0.25, 0.3) is 105 Å². The number of phenolic OH excluding ortho intramolecular Hbond substituents is 1. The van der Waals surface area contributed by atoms with Crippen molar-refractivity contribution in [2.24, 2.45) is 0 Å². The highest BCUT2D eigenvalue weighted by Crippen LogP contribution is 2.47. The van der Waals surface area contributed by atoms with E-state index in [-0.39, 0.29) is 27.4 Å². The number of aromatic hydroxyl groups is 1. The number of para-hydroxylation sites is 1. The molecule has 0 atom stereocenters. The molecule has 0 fully saturated rings. The number of hydrogen-bond acceptors (Lipinski definition) is 3. The van der Waals surface area contributed by atoms with Gasteiger partial charge in [0.2, 0.25) is 0 Å². The van der Waals surface area contributed by atoms with Crippen LogP contribution in [0.4, 0.5) is 0 Å². The van der Waals surface area contributed by atoms with Crippen LogP contribution in [0.5, 0.6) is 5.75 Å². The van der Waals surface area contributed by atoms with Gasteiger partial charge in [0.1, 0.15) is 11.6 Å². The molecule has 0 aliphatic heterocycles. The van der Waals surface area contributed by atoms with E-state index >= 15 is 0 Å². The monoisotopic (exact) mass is 966 g/mol. The minimum Gasteiger partial charge on any atom is -0.507 e. The molecule has 0 spiro atoms. The van der Waals surface area contributed by atoms with Gasteiger partial charge in [-0.25, -0.2) is 4.98 Å². The normalized spacial score (nSPS) is 12.6. The van der Waals surface area contributed by atoms with Crippen LogP contribution in [0.1, 0.15) is 105 Å². The topological polar surface area (TPSA) is 50.9 Å². The molecule has 2 aromatic heterocycles. The number of hydrogen-bond donors (Lipinski definition) is 1. The summed E-state index contributed by atoms with van der Waals surface area (Å²) in [5.74, 6) is 0.950. The lowest BCUT2D eigenvalue weighted by Crippen LogP contribution is -2.17. The Labute approximate surface area is 437 Å². The van der Waals surface area contributed by atoms with E-state index in [4.69, 9.17) is 9.97 Å². The maximum absolute atomic E-state index is 12.7. The summed E-state index contributed by atoms with van der Waals surface area (Å²) in [6.07, 6.45) is 1.96. The van der Waals surface area contributed by atoms with Gasteiger partial charge in [0.05, 0.1) is 28.0 Å². The number of nitrogens with zero attached hydrogens (tertiary/aromatic N) is 3. The number of aromatic nitrogens is 3. The van der Waals surface area contributed by atoms with Crippen LogP contribution in [-0.4, -0.2) is 19.6 Å². The summed E-state index contributed by atoms with van der Waals surface area (Å²) in [5, 5.41) is 20.2. The van der Waals surface area contributed by atoms with Gasteiger partial charge in [0.15, 0.2) is 0 Å². The van der Waals surface area contributed by atoms with Gasteiger partial charge in [-0.2, -0.15) is 0 Å². The van der Waals surface area contributed by atoms with Crippen molar-refractivity contribution in [3.8, 4) is 67.5 Å². The first kappa shape index (κ1) is 48.4. The quantitative estimate of drug-likeness (QED) is 0.169. The van der Waals surface area contributed by atoms with Crippen LogP contribution in [0, 0.1) is 0 Å². The molecule has 0 unspecified atom stereocenters. The number of pyridine rings is 1. The van der Waals surface area contributed by atoms with Crippen LogP contribution < -0.4 is 0 Å². The van der Waals surface area contributed by atoms with Crippen molar-refractivity contribution in [1.82, 2.24) is 14.5 Å². The molecule has 368 valence electrons. The van der Waals surface area contributed by atoms with Crippen molar-refractivity contribution in [3.05, 3.63) is 204 Å². The maximum atomic E-state index is 12.7. The lowest BCUT2D eigenvalue weighted by Gasteiger charge is -2.28. The SMILES string of the molecule is CC(C)(C)c1cc(-c2cc(-c3cccc4c5ccccc5c5ccccc5c34)ccn2)cc(-c2cccc3c2nc(-c2cc(C(C)(C)C)cc(C(C)(C)C)c2O)n3-c2ccc(C(C)(C)C)cc2-c2ccccc2)c1. The molecular formula is C70H67N3O. The summed E-state index contributed by atoms with van der Waals surface area (Å²) in [6, 6.07) is 64.1. The van der Waals surface area contributed by atoms with E-state index in [9.17, 15) is 5.11 Å². The van der Waals surface area contributed by atoms with E-state index in [1.54, 1.807) is 0 Å². The predicted molar refractivity (Wildman–Crippen MR) is 315 cm³/mol. The first-order valence-electron chi connectivity index (χ1n) is 26.2. The molecule has 4 heteroatoms. The molecule has 11 aromatic rings. The van der Waals surface area contributed by atoms with Gasteiger partial charge in [-0.15, -0.1) is 0 Å². The first-order chi connectivity index (χ1) is 35.1. The second kappa shape index (κ2) is 17.7. The fourth-order valence-electron chi connectivity index (χ4n) is 10.9. The minimum absolute atomic E-state index is 0.0850. The Balaban J connectivity index is 1.17. The van der Waals surface area contributed by atoms with E-state index in [0.29, 0.717) is 11.4 Å². The van der Waals surface area contributed by atoms with Crippen molar-refractivity contribution < 1.29 is 5.11 Å². The number of benzene rings is 9. The third-order valence-electron chi connectivity index (χ3n) is 15.1. The third kappa shape index (κ3) is 8.54. The zero-order valence-electron chi connectivity index (χ0n) is 45.1. The number of rotatable bonds is 6. The van der Waals surface area contributed by atoms with E-state index in [2.05, 4.69) is 264 Å². The van der Waals surface area contributed by atoms with Gasteiger partial charge >= 0.3 is 0 Å². The Bertz CT molecular complexity index is 3950. The maximum Gasteiger partial charge on any atom is 0.149 e. The van der Waals surface area contributed by atoms with Crippen LogP contribution >= 0.6 is 0 Å². The molecule has 0 aliphatic carbocycles. The molecule has 74 heavy (non-hydrogen) atoms. The first-order valence-corrected chi connectivity index (χ1v) is 26.2. The van der Waals surface area contributed by atoms with Gasteiger partial charge in [-0.3, -0.25) is 9.55 Å². The smallest absolute Gasteiger partial charge is 0.149 e. The third-order valence-corrected chi connectivity index (χ3v) is 15.1. The largest absolute Gasteiger partial charge is 0.507 e. The average molecular weight is 966 g/mol. The van der Waals surface area contributed by atoms with Gasteiger partial charge in [0.25, 0.3) is 0 Å². The fourth-order valence-corrected chi connectivity index (χ4v) is 10.9. The zero-order valence-corrected chi connectivity index (χ0v) is 45.1. The summed E-state index contributed by atoms with van der Waals surface area (Å²) in [4.78, 5) is 10.9. The number of phenols is 1. The van der Waals surface area contributed by atoms with E-state index in [1.807, 2.05) is 6.20 Å². The molecule has 0 bridgehead atoms. The van der Waals surface area contributed by atoms with Gasteiger partial charge < -0.3 is 5.11 Å². The Kier molecular flexibility index (Phi) is 11.6. The van der Waals surface area contributed by atoms with Gasteiger partial charge in [-0.05, 0) is 141 Å². The minimum atomic E-state index is -0.337. The Morgan fingerprint density at radius 2 is 0.946 bits per heavy atom. The van der Waals surface area contributed by atoms with Crippen molar-refractivity contribution in [3.63, 3.8) is 0 Å². The molecule has 0 saturated heterocycles. The van der Waals surface area contributed by atoms with E-state index in [1.165, 1.54) is 49.0 Å². The van der Waals surface area contributed by atoms with Crippen LogP contribution in [-0.2, 0) is 21.7 Å². The van der Waals surface area contributed by atoms with Crippen molar-refractivity contribution >= 4 is 43.4 Å². The summed E-state index contributed by atoms with van der Waals surface area (Å²) in [5.41, 5.74) is 15.7. The highest BCUT2D eigenvalue weighted by molar-refractivity contribution is 6.28. The molecule has 0 saturated carbocycles.